The van der Waals surface area contributed by atoms with Crippen LogP contribution in [0, 0.1) is 0 Å². The Balaban J connectivity index is 1.69. The zero-order valence-corrected chi connectivity index (χ0v) is 16.1. The molecule has 0 radical (unpaired) electrons. The van der Waals surface area contributed by atoms with Crippen molar-refractivity contribution in [2.24, 2.45) is 0 Å². The van der Waals surface area contributed by atoms with Gasteiger partial charge in [0.05, 0.1) is 0 Å². The summed E-state index contributed by atoms with van der Waals surface area (Å²) in [5, 5.41) is 0. The van der Waals surface area contributed by atoms with E-state index in [-0.39, 0.29) is 0 Å². The Morgan fingerprint density at radius 3 is 1.36 bits per heavy atom. The van der Waals surface area contributed by atoms with Crippen LogP contribution in [0.5, 0.6) is 0 Å². The lowest BCUT2D eigenvalue weighted by Gasteiger charge is -2.18. The maximum atomic E-state index is 2.29. The Hall–Kier alpha value is -1.56. The van der Waals surface area contributed by atoms with Crippen molar-refractivity contribution < 1.29 is 0 Å². The van der Waals surface area contributed by atoms with Crippen molar-refractivity contribution in [1.29, 1.82) is 0 Å². The van der Waals surface area contributed by atoms with Crippen molar-refractivity contribution in [2.75, 3.05) is 0 Å². The first kappa shape index (κ1) is 19.8. The Morgan fingerprint density at radius 2 is 0.920 bits per heavy atom. The monoisotopic (exact) mass is 336 g/mol. The number of unbranched alkanes of at least 4 members (excludes halogenated alkanes) is 9. The van der Waals surface area contributed by atoms with Crippen LogP contribution < -0.4 is 0 Å². The van der Waals surface area contributed by atoms with Crippen molar-refractivity contribution in [1.82, 2.24) is 0 Å². The lowest BCUT2D eigenvalue weighted by atomic mass is 9.87. The van der Waals surface area contributed by atoms with Gasteiger partial charge in [0.2, 0.25) is 0 Å². The summed E-state index contributed by atoms with van der Waals surface area (Å²) in [6, 6.07) is 22.1. The van der Waals surface area contributed by atoms with E-state index in [1.165, 1.54) is 81.8 Å². The highest BCUT2D eigenvalue weighted by Gasteiger charge is 2.13. The Labute approximate surface area is 155 Å². The van der Waals surface area contributed by atoms with Crippen LogP contribution in [0.3, 0.4) is 0 Å². The number of benzene rings is 2. The van der Waals surface area contributed by atoms with Crippen molar-refractivity contribution in [3.8, 4) is 0 Å². The van der Waals surface area contributed by atoms with Gasteiger partial charge in [-0.1, -0.05) is 132 Å². The van der Waals surface area contributed by atoms with Crippen LogP contribution in [-0.4, -0.2) is 0 Å². The van der Waals surface area contributed by atoms with Gasteiger partial charge in [0, 0.05) is 5.92 Å². The molecule has 0 saturated heterocycles. The van der Waals surface area contributed by atoms with E-state index in [4.69, 9.17) is 0 Å². The number of rotatable bonds is 13. The first-order valence-electron chi connectivity index (χ1n) is 10.5. The highest BCUT2D eigenvalue weighted by atomic mass is 14.2. The Bertz CT molecular complexity index is 489. The van der Waals surface area contributed by atoms with Crippen molar-refractivity contribution in [3.05, 3.63) is 71.8 Å². The van der Waals surface area contributed by atoms with Crippen LogP contribution in [0.1, 0.15) is 94.6 Å². The predicted molar refractivity (Wildman–Crippen MR) is 111 cm³/mol. The van der Waals surface area contributed by atoms with Crippen molar-refractivity contribution >= 4 is 0 Å². The fourth-order valence-corrected chi connectivity index (χ4v) is 3.73. The third-order valence-corrected chi connectivity index (χ3v) is 5.25. The third-order valence-electron chi connectivity index (χ3n) is 5.25. The average Bonchev–Trinajstić information content (AvgIpc) is 2.67. The molecule has 25 heavy (non-hydrogen) atoms. The van der Waals surface area contributed by atoms with E-state index in [0.717, 1.165) is 0 Å². The van der Waals surface area contributed by atoms with Gasteiger partial charge >= 0.3 is 0 Å². The van der Waals surface area contributed by atoms with E-state index >= 15 is 0 Å². The maximum Gasteiger partial charge on any atom is 0.00893 e. The molecule has 0 nitrogen and oxygen atoms in total. The second-order valence-electron chi connectivity index (χ2n) is 7.34. The molecule has 2 rings (SSSR count). The summed E-state index contributed by atoms with van der Waals surface area (Å²) in [6.07, 6.45) is 15.3. The van der Waals surface area contributed by atoms with E-state index in [2.05, 4.69) is 67.6 Å². The highest BCUT2D eigenvalue weighted by molar-refractivity contribution is 5.32. The minimum Gasteiger partial charge on any atom is -0.0654 e. The minimum absolute atomic E-state index is 0.552. The van der Waals surface area contributed by atoms with Crippen LogP contribution in [0.25, 0.3) is 0 Å². The standard InChI is InChI=1S/C25H36/c1-2-3-4-5-6-7-8-9-10-17-22-25(23-18-13-11-14-19-23)24-20-15-12-16-21-24/h11-16,18-21,25H,2-10,17,22H2,1H3. The van der Waals surface area contributed by atoms with Crippen LogP contribution in [0.2, 0.25) is 0 Å². The van der Waals surface area contributed by atoms with Crippen LogP contribution in [0.15, 0.2) is 60.7 Å². The molecule has 0 amide bonds. The molecule has 0 bridgehead atoms. The van der Waals surface area contributed by atoms with Gasteiger partial charge in [0.15, 0.2) is 0 Å². The fourth-order valence-electron chi connectivity index (χ4n) is 3.73. The zero-order chi connectivity index (χ0) is 17.6. The molecule has 0 saturated carbocycles. The van der Waals surface area contributed by atoms with Gasteiger partial charge in [-0.2, -0.15) is 0 Å². The van der Waals surface area contributed by atoms with E-state index in [9.17, 15) is 0 Å². The van der Waals surface area contributed by atoms with E-state index < -0.39 is 0 Å². The molecule has 2 aromatic carbocycles. The zero-order valence-electron chi connectivity index (χ0n) is 16.1. The van der Waals surface area contributed by atoms with Crippen LogP contribution >= 0.6 is 0 Å². The summed E-state index contributed by atoms with van der Waals surface area (Å²) >= 11 is 0. The fraction of sp³-hybridized carbons (Fsp3) is 0.520. The molecule has 0 heteroatoms. The van der Waals surface area contributed by atoms with Gasteiger partial charge in [-0.25, -0.2) is 0 Å². The molecule has 0 fully saturated rings. The van der Waals surface area contributed by atoms with Crippen molar-refractivity contribution in [3.63, 3.8) is 0 Å². The first-order chi connectivity index (χ1) is 12.4. The maximum absolute atomic E-state index is 2.29. The van der Waals surface area contributed by atoms with Gasteiger partial charge in [-0.3, -0.25) is 0 Å². The molecule has 0 aliphatic heterocycles. The molecule has 0 unspecified atom stereocenters. The molecule has 136 valence electrons. The lowest BCUT2D eigenvalue weighted by Crippen LogP contribution is -2.01. The molecule has 0 atom stereocenters. The summed E-state index contributed by atoms with van der Waals surface area (Å²) in [4.78, 5) is 0. The molecular weight excluding hydrogens is 300 g/mol. The quantitative estimate of drug-likeness (QED) is 0.324. The topological polar surface area (TPSA) is 0 Å². The average molecular weight is 337 g/mol. The summed E-state index contributed by atoms with van der Waals surface area (Å²) in [6.45, 7) is 2.29. The molecular formula is C25H36. The molecule has 0 aliphatic rings. The van der Waals surface area contributed by atoms with Crippen LogP contribution in [-0.2, 0) is 0 Å². The normalized spacial score (nSPS) is 11.1. The molecule has 2 aromatic rings. The first-order valence-corrected chi connectivity index (χ1v) is 10.5. The largest absolute Gasteiger partial charge is 0.0654 e. The SMILES string of the molecule is CCCCCCCCCCCCC(c1ccccc1)c1ccccc1. The van der Waals surface area contributed by atoms with Crippen LogP contribution in [0.4, 0.5) is 0 Å². The summed E-state index contributed by atoms with van der Waals surface area (Å²) in [5.41, 5.74) is 2.93. The molecule has 0 heterocycles. The smallest absolute Gasteiger partial charge is 0.00893 e. The molecule has 0 spiro atoms. The second-order valence-corrected chi connectivity index (χ2v) is 7.34. The lowest BCUT2D eigenvalue weighted by molar-refractivity contribution is 0.540. The van der Waals surface area contributed by atoms with E-state index in [1.54, 1.807) is 0 Å². The molecule has 0 N–H and O–H groups in total. The minimum atomic E-state index is 0.552. The third kappa shape index (κ3) is 7.90. The van der Waals surface area contributed by atoms with E-state index in [1.807, 2.05) is 0 Å². The molecule has 0 aromatic heterocycles. The Kier molecular flexibility index (Phi) is 10.1. The summed E-state index contributed by atoms with van der Waals surface area (Å²) < 4.78 is 0. The summed E-state index contributed by atoms with van der Waals surface area (Å²) in [5.74, 6) is 0.552. The number of hydrogen-bond donors (Lipinski definition) is 0. The van der Waals surface area contributed by atoms with Gasteiger partial charge in [-0.05, 0) is 17.5 Å². The Morgan fingerprint density at radius 1 is 0.520 bits per heavy atom. The van der Waals surface area contributed by atoms with E-state index in [0.29, 0.717) is 5.92 Å². The van der Waals surface area contributed by atoms with Gasteiger partial charge in [0.25, 0.3) is 0 Å². The van der Waals surface area contributed by atoms with Gasteiger partial charge in [0.1, 0.15) is 0 Å². The predicted octanol–water partition coefficient (Wildman–Crippen LogP) is 8.13. The van der Waals surface area contributed by atoms with Gasteiger partial charge < -0.3 is 0 Å². The molecule has 0 aliphatic carbocycles. The van der Waals surface area contributed by atoms with Crippen molar-refractivity contribution in [2.45, 2.75) is 83.5 Å². The summed E-state index contributed by atoms with van der Waals surface area (Å²) in [7, 11) is 0. The second kappa shape index (κ2) is 12.8. The number of hydrogen-bond acceptors (Lipinski definition) is 0. The van der Waals surface area contributed by atoms with Gasteiger partial charge in [-0.15, -0.1) is 0 Å². The highest BCUT2D eigenvalue weighted by Crippen LogP contribution is 2.30.